The van der Waals surface area contributed by atoms with Crippen LogP contribution in [0.5, 0.6) is 0 Å². The van der Waals surface area contributed by atoms with E-state index in [1.54, 1.807) is 11.3 Å². The molecule has 11 atom stereocenters. The highest BCUT2D eigenvalue weighted by molar-refractivity contribution is 7.16. The molecule has 1 aromatic rings. The maximum atomic E-state index is 13.3. The van der Waals surface area contributed by atoms with Crippen LogP contribution < -0.4 is 5.32 Å². The molecule has 3 N–H and O–H groups in total. The Labute approximate surface area is 233 Å². The van der Waals surface area contributed by atoms with Crippen molar-refractivity contribution >= 4 is 28.8 Å². The average Bonchev–Trinajstić information content (AvgIpc) is 3.41. The van der Waals surface area contributed by atoms with Crippen molar-refractivity contribution in [3.8, 4) is 0 Å². The van der Waals surface area contributed by atoms with Gasteiger partial charge in [-0.3, -0.25) is 4.79 Å². The first-order valence-corrected chi connectivity index (χ1v) is 16.0. The fourth-order valence-electron chi connectivity index (χ4n) is 9.90. The normalized spacial score (nSPS) is 43.0. The summed E-state index contributed by atoms with van der Waals surface area (Å²) in [5.41, 5.74) is 0.447. The summed E-state index contributed by atoms with van der Waals surface area (Å²) < 4.78 is 0.762. The zero-order valence-corrected chi connectivity index (χ0v) is 25.0. The van der Waals surface area contributed by atoms with Crippen LogP contribution in [0.2, 0.25) is 4.34 Å². The second-order valence-electron chi connectivity index (χ2n) is 14.1. The van der Waals surface area contributed by atoms with Gasteiger partial charge >= 0.3 is 0 Å². The average molecular weight is 550 g/mol. The van der Waals surface area contributed by atoms with Crippen molar-refractivity contribution in [2.45, 2.75) is 111 Å². The van der Waals surface area contributed by atoms with E-state index in [1.807, 2.05) is 12.1 Å². The van der Waals surface area contributed by atoms with Gasteiger partial charge in [0.1, 0.15) is 0 Å². The van der Waals surface area contributed by atoms with Crippen LogP contribution >= 0.6 is 22.9 Å². The highest BCUT2D eigenvalue weighted by atomic mass is 35.5. The van der Waals surface area contributed by atoms with E-state index in [4.69, 9.17) is 11.6 Å². The summed E-state index contributed by atoms with van der Waals surface area (Å²) in [6.07, 6.45) is 8.58. The first kappa shape index (κ1) is 27.9. The zero-order valence-electron chi connectivity index (χ0n) is 23.4. The molecule has 0 aliphatic heterocycles. The minimum atomic E-state index is -0.250. The molecule has 0 radical (unpaired) electrons. The van der Waals surface area contributed by atoms with Gasteiger partial charge in [-0.1, -0.05) is 46.2 Å². The highest BCUT2D eigenvalue weighted by Gasteiger charge is 2.62. The molecule has 5 rings (SSSR count). The SMILES string of the molecule is CC(C)C(NC(=O)C[C@@H](C)C1CC[C@H]2C3[C@H](O)CC4C[C@H](O)CCC4(C)[C@H]3CCC12C)c1ccc(Cl)s1. The molecular weight excluding hydrogens is 502 g/mol. The minimum Gasteiger partial charge on any atom is -0.393 e. The van der Waals surface area contributed by atoms with Gasteiger partial charge < -0.3 is 15.5 Å². The molecular formula is C31H48ClNO3S. The summed E-state index contributed by atoms with van der Waals surface area (Å²) in [4.78, 5) is 14.4. The number of aliphatic hydroxyl groups is 2. The molecule has 4 aliphatic carbocycles. The lowest BCUT2D eigenvalue weighted by atomic mass is 9.43. The number of halogens is 1. The maximum absolute atomic E-state index is 13.3. The molecule has 37 heavy (non-hydrogen) atoms. The van der Waals surface area contributed by atoms with E-state index in [-0.39, 0.29) is 35.0 Å². The third kappa shape index (κ3) is 4.93. The second kappa shape index (κ2) is 10.4. The van der Waals surface area contributed by atoms with E-state index in [0.29, 0.717) is 47.8 Å². The number of carbonyl (C=O) groups excluding carboxylic acids is 1. The van der Waals surface area contributed by atoms with Crippen molar-refractivity contribution in [3.05, 3.63) is 21.3 Å². The molecule has 0 bridgehead atoms. The lowest BCUT2D eigenvalue weighted by molar-refractivity contribution is -0.174. The molecule has 4 saturated carbocycles. The summed E-state index contributed by atoms with van der Waals surface area (Å²) in [6, 6.07) is 3.95. The van der Waals surface area contributed by atoms with Crippen molar-refractivity contribution in [2.24, 2.45) is 52.3 Å². The first-order valence-electron chi connectivity index (χ1n) is 14.8. The van der Waals surface area contributed by atoms with Gasteiger partial charge in [-0.05, 0) is 116 Å². The standard InChI is InChI=1S/C31H48ClNO3S/c1-17(2)29(25-8-9-26(32)37-25)33-27(36)14-18(3)21-6-7-22-28-23(11-13-31(21,22)5)30(4)12-10-20(34)15-19(30)16-24(28)35/h8-9,17-24,28-29,34-35H,6-7,10-16H2,1-5H3,(H,33,36)/t18-,19?,20-,21?,22+,23+,24-,28?,29?,30?,31?/m1/s1. The Morgan fingerprint density at radius 2 is 1.76 bits per heavy atom. The maximum Gasteiger partial charge on any atom is 0.220 e. The lowest BCUT2D eigenvalue weighted by Crippen LogP contribution is -2.58. The number of hydrogen-bond donors (Lipinski definition) is 3. The largest absolute Gasteiger partial charge is 0.393 e. The number of amides is 1. The van der Waals surface area contributed by atoms with Gasteiger partial charge in [0.05, 0.1) is 22.6 Å². The smallest absolute Gasteiger partial charge is 0.220 e. The fourth-order valence-corrected chi connectivity index (χ4v) is 11.2. The van der Waals surface area contributed by atoms with E-state index in [2.05, 4.69) is 39.9 Å². The van der Waals surface area contributed by atoms with E-state index in [0.717, 1.165) is 34.9 Å². The number of nitrogens with one attached hydrogen (secondary N) is 1. The Morgan fingerprint density at radius 3 is 2.43 bits per heavy atom. The van der Waals surface area contributed by atoms with Gasteiger partial charge in [0, 0.05) is 11.3 Å². The Hall–Kier alpha value is -0.620. The molecule has 4 fully saturated rings. The minimum absolute atomic E-state index is 0.000334. The van der Waals surface area contributed by atoms with E-state index < -0.39 is 0 Å². The van der Waals surface area contributed by atoms with Crippen molar-refractivity contribution in [3.63, 3.8) is 0 Å². The molecule has 208 valence electrons. The number of fused-ring (bicyclic) bond motifs is 5. The molecule has 1 heterocycles. The van der Waals surface area contributed by atoms with Gasteiger partial charge in [0.2, 0.25) is 5.91 Å². The first-order chi connectivity index (χ1) is 17.4. The molecule has 0 saturated heterocycles. The Bertz CT molecular complexity index is 981. The topological polar surface area (TPSA) is 69.6 Å². The second-order valence-corrected chi connectivity index (χ2v) is 15.8. The Morgan fingerprint density at radius 1 is 1.05 bits per heavy atom. The Kier molecular flexibility index (Phi) is 7.86. The molecule has 0 spiro atoms. The quantitative estimate of drug-likeness (QED) is 0.350. The number of rotatable bonds is 6. The highest BCUT2D eigenvalue weighted by Crippen LogP contribution is 2.68. The van der Waals surface area contributed by atoms with Crippen molar-refractivity contribution in [1.82, 2.24) is 5.32 Å². The van der Waals surface area contributed by atoms with Gasteiger partial charge in [-0.2, -0.15) is 0 Å². The van der Waals surface area contributed by atoms with E-state index in [1.165, 1.54) is 25.7 Å². The number of hydrogen-bond acceptors (Lipinski definition) is 4. The number of thiophene rings is 1. The summed E-state index contributed by atoms with van der Waals surface area (Å²) in [7, 11) is 0. The lowest BCUT2D eigenvalue weighted by Gasteiger charge is -2.62. The number of aliphatic hydroxyl groups excluding tert-OH is 2. The molecule has 4 nitrogen and oxygen atoms in total. The van der Waals surface area contributed by atoms with Crippen LogP contribution in [0.3, 0.4) is 0 Å². The van der Waals surface area contributed by atoms with Crippen molar-refractivity contribution in [1.29, 1.82) is 0 Å². The molecule has 6 heteroatoms. The van der Waals surface area contributed by atoms with Gasteiger partial charge in [-0.15, -0.1) is 11.3 Å². The number of carbonyl (C=O) groups is 1. The third-order valence-electron chi connectivity index (χ3n) is 11.8. The van der Waals surface area contributed by atoms with Crippen LogP contribution in [-0.2, 0) is 4.79 Å². The van der Waals surface area contributed by atoms with Crippen LogP contribution in [0.4, 0.5) is 0 Å². The van der Waals surface area contributed by atoms with Crippen molar-refractivity contribution < 1.29 is 15.0 Å². The zero-order chi connectivity index (χ0) is 26.7. The summed E-state index contributed by atoms with van der Waals surface area (Å²) in [6.45, 7) is 11.5. The molecule has 0 aromatic carbocycles. The van der Waals surface area contributed by atoms with Crippen LogP contribution in [0.1, 0.15) is 103 Å². The third-order valence-corrected chi connectivity index (χ3v) is 13.1. The summed E-state index contributed by atoms with van der Waals surface area (Å²) in [5, 5.41) is 25.1. The van der Waals surface area contributed by atoms with Crippen LogP contribution in [0.25, 0.3) is 0 Å². The molecule has 1 amide bonds. The van der Waals surface area contributed by atoms with Gasteiger partial charge in [0.15, 0.2) is 0 Å². The summed E-state index contributed by atoms with van der Waals surface area (Å²) in [5.74, 6) is 3.20. The van der Waals surface area contributed by atoms with Crippen LogP contribution in [0.15, 0.2) is 12.1 Å². The van der Waals surface area contributed by atoms with E-state index in [9.17, 15) is 15.0 Å². The molecule has 4 aliphatic rings. The molecule has 1 aromatic heterocycles. The summed E-state index contributed by atoms with van der Waals surface area (Å²) >= 11 is 7.74. The van der Waals surface area contributed by atoms with E-state index >= 15 is 0 Å². The Balaban J connectivity index is 1.27. The van der Waals surface area contributed by atoms with Crippen LogP contribution in [0, 0.1) is 52.3 Å². The van der Waals surface area contributed by atoms with Crippen molar-refractivity contribution in [2.75, 3.05) is 0 Å². The predicted molar refractivity (Wildman–Crippen MR) is 151 cm³/mol. The molecule has 6 unspecified atom stereocenters. The van der Waals surface area contributed by atoms with Gasteiger partial charge in [0.25, 0.3) is 0 Å². The van der Waals surface area contributed by atoms with Gasteiger partial charge in [-0.25, -0.2) is 0 Å². The fraction of sp³-hybridized carbons (Fsp3) is 0.839. The predicted octanol–water partition coefficient (Wildman–Crippen LogP) is 7.23. The monoisotopic (exact) mass is 549 g/mol. The van der Waals surface area contributed by atoms with Crippen LogP contribution in [-0.4, -0.2) is 28.3 Å².